The van der Waals surface area contributed by atoms with Crippen molar-refractivity contribution in [3.05, 3.63) is 17.2 Å². The SMILES string of the molecule is CC1CC(N)Cn2c1nc1c2CC(C(C)C)CC1. The smallest absolute Gasteiger partial charge is 0.112 e. The number of imidazole rings is 1. The maximum absolute atomic E-state index is 6.18. The van der Waals surface area contributed by atoms with Gasteiger partial charge in [0, 0.05) is 24.2 Å². The highest BCUT2D eigenvalue weighted by molar-refractivity contribution is 5.24. The normalized spacial score (nSPS) is 31.3. The summed E-state index contributed by atoms with van der Waals surface area (Å²) in [6, 6.07) is 0.310. The molecule has 2 aliphatic rings. The molecule has 0 amide bonds. The van der Waals surface area contributed by atoms with E-state index < -0.39 is 0 Å². The predicted octanol–water partition coefficient (Wildman–Crippen LogP) is 2.48. The van der Waals surface area contributed by atoms with Gasteiger partial charge in [0.15, 0.2) is 0 Å². The van der Waals surface area contributed by atoms with Crippen molar-refractivity contribution in [2.45, 2.75) is 65.0 Å². The van der Waals surface area contributed by atoms with Gasteiger partial charge in [-0.2, -0.15) is 0 Å². The summed E-state index contributed by atoms with van der Waals surface area (Å²) in [7, 11) is 0. The summed E-state index contributed by atoms with van der Waals surface area (Å²) < 4.78 is 2.45. The zero-order valence-corrected chi connectivity index (χ0v) is 11.8. The first-order chi connectivity index (χ1) is 8.56. The lowest BCUT2D eigenvalue weighted by Crippen LogP contribution is -2.35. The molecule has 100 valence electrons. The van der Waals surface area contributed by atoms with Crippen LogP contribution in [0.3, 0.4) is 0 Å². The highest BCUT2D eigenvalue weighted by Gasteiger charge is 2.31. The molecule has 0 radical (unpaired) electrons. The van der Waals surface area contributed by atoms with Gasteiger partial charge in [-0.3, -0.25) is 0 Å². The van der Waals surface area contributed by atoms with Gasteiger partial charge in [0.05, 0.1) is 5.69 Å². The molecule has 0 fully saturated rings. The molecule has 3 rings (SSSR count). The molecule has 0 saturated carbocycles. The number of nitrogens with zero attached hydrogens (tertiary/aromatic N) is 2. The fraction of sp³-hybridized carbons (Fsp3) is 0.800. The summed E-state index contributed by atoms with van der Waals surface area (Å²) >= 11 is 0. The Labute approximate surface area is 110 Å². The second-order valence-corrected chi connectivity index (χ2v) is 6.62. The minimum Gasteiger partial charge on any atom is -0.330 e. The summed E-state index contributed by atoms with van der Waals surface area (Å²) in [5.41, 5.74) is 9.04. The Morgan fingerprint density at radius 2 is 2.17 bits per heavy atom. The van der Waals surface area contributed by atoms with E-state index in [2.05, 4.69) is 25.3 Å². The van der Waals surface area contributed by atoms with Crippen molar-refractivity contribution in [2.24, 2.45) is 17.6 Å². The van der Waals surface area contributed by atoms with Gasteiger partial charge in [0.25, 0.3) is 0 Å². The molecule has 3 heteroatoms. The number of rotatable bonds is 1. The first-order valence-corrected chi connectivity index (χ1v) is 7.40. The largest absolute Gasteiger partial charge is 0.330 e. The van der Waals surface area contributed by atoms with E-state index in [0.717, 1.165) is 24.8 Å². The molecule has 2 heterocycles. The Bertz CT molecular complexity index is 447. The van der Waals surface area contributed by atoms with Crippen LogP contribution in [0.1, 0.15) is 56.7 Å². The molecule has 18 heavy (non-hydrogen) atoms. The number of aryl methyl sites for hydroxylation is 1. The van der Waals surface area contributed by atoms with Crippen LogP contribution in [0.25, 0.3) is 0 Å². The first-order valence-electron chi connectivity index (χ1n) is 7.40. The van der Waals surface area contributed by atoms with E-state index in [1.54, 1.807) is 0 Å². The summed E-state index contributed by atoms with van der Waals surface area (Å²) in [6.07, 6.45) is 4.77. The predicted molar refractivity (Wildman–Crippen MR) is 73.6 cm³/mol. The van der Waals surface area contributed by atoms with Gasteiger partial charge in [-0.05, 0) is 37.5 Å². The van der Waals surface area contributed by atoms with E-state index in [4.69, 9.17) is 10.7 Å². The van der Waals surface area contributed by atoms with Crippen LogP contribution in [0.4, 0.5) is 0 Å². The third-order valence-electron chi connectivity index (χ3n) is 4.85. The summed E-state index contributed by atoms with van der Waals surface area (Å²) in [5, 5.41) is 0. The zero-order valence-electron chi connectivity index (χ0n) is 11.8. The molecule has 0 aromatic carbocycles. The number of hydrogen-bond acceptors (Lipinski definition) is 2. The molecule has 3 atom stereocenters. The Morgan fingerprint density at radius 1 is 1.39 bits per heavy atom. The second-order valence-electron chi connectivity index (χ2n) is 6.62. The van der Waals surface area contributed by atoms with Crippen molar-refractivity contribution in [3.63, 3.8) is 0 Å². The highest BCUT2D eigenvalue weighted by Crippen LogP contribution is 2.35. The third-order valence-corrected chi connectivity index (χ3v) is 4.85. The van der Waals surface area contributed by atoms with Crippen LogP contribution in [0.2, 0.25) is 0 Å². The van der Waals surface area contributed by atoms with Gasteiger partial charge in [-0.25, -0.2) is 4.98 Å². The quantitative estimate of drug-likeness (QED) is 0.828. The van der Waals surface area contributed by atoms with E-state index in [9.17, 15) is 0 Å². The van der Waals surface area contributed by atoms with Gasteiger partial charge >= 0.3 is 0 Å². The topological polar surface area (TPSA) is 43.8 Å². The Kier molecular flexibility index (Phi) is 2.97. The van der Waals surface area contributed by atoms with Crippen LogP contribution in [0.5, 0.6) is 0 Å². The molecule has 0 saturated heterocycles. The van der Waals surface area contributed by atoms with Gasteiger partial charge in [-0.15, -0.1) is 0 Å². The molecular formula is C15H25N3. The molecule has 1 aliphatic carbocycles. The fourth-order valence-corrected chi connectivity index (χ4v) is 3.68. The lowest BCUT2D eigenvalue weighted by atomic mass is 9.82. The van der Waals surface area contributed by atoms with Gasteiger partial charge in [0.2, 0.25) is 0 Å². The summed E-state index contributed by atoms with van der Waals surface area (Å²) in [4.78, 5) is 4.91. The van der Waals surface area contributed by atoms with Crippen LogP contribution in [0, 0.1) is 11.8 Å². The number of hydrogen-bond donors (Lipinski definition) is 1. The Hall–Kier alpha value is -0.830. The van der Waals surface area contributed by atoms with Crippen LogP contribution in [-0.4, -0.2) is 15.6 Å². The average Bonchev–Trinajstić information content (AvgIpc) is 2.67. The van der Waals surface area contributed by atoms with Crippen molar-refractivity contribution in [1.82, 2.24) is 9.55 Å². The van der Waals surface area contributed by atoms with Gasteiger partial charge in [0.1, 0.15) is 5.82 Å². The van der Waals surface area contributed by atoms with Gasteiger partial charge in [-0.1, -0.05) is 20.8 Å². The minimum atomic E-state index is 0.310. The number of aromatic nitrogens is 2. The van der Waals surface area contributed by atoms with Crippen LogP contribution in [-0.2, 0) is 19.4 Å². The van der Waals surface area contributed by atoms with Crippen molar-refractivity contribution >= 4 is 0 Å². The number of fused-ring (bicyclic) bond motifs is 3. The van der Waals surface area contributed by atoms with E-state index in [0.29, 0.717) is 12.0 Å². The highest BCUT2D eigenvalue weighted by atomic mass is 15.1. The van der Waals surface area contributed by atoms with Crippen molar-refractivity contribution < 1.29 is 0 Å². The Morgan fingerprint density at radius 3 is 2.89 bits per heavy atom. The number of nitrogens with two attached hydrogens (primary N) is 1. The maximum Gasteiger partial charge on any atom is 0.112 e. The van der Waals surface area contributed by atoms with E-state index >= 15 is 0 Å². The summed E-state index contributed by atoms with van der Waals surface area (Å²) in [6.45, 7) is 7.94. The van der Waals surface area contributed by atoms with Crippen LogP contribution < -0.4 is 5.73 Å². The fourth-order valence-electron chi connectivity index (χ4n) is 3.68. The summed E-state index contributed by atoms with van der Waals surface area (Å²) in [5.74, 6) is 3.42. The standard InChI is InChI=1S/C15H25N3/c1-9(2)11-4-5-13-14(7-11)18-8-12(16)6-10(3)15(18)17-13/h9-12H,4-8,16H2,1-3H3. The zero-order chi connectivity index (χ0) is 12.9. The average molecular weight is 247 g/mol. The minimum absolute atomic E-state index is 0.310. The molecule has 1 aromatic rings. The molecule has 0 bridgehead atoms. The molecule has 3 nitrogen and oxygen atoms in total. The van der Waals surface area contributed by atoms with Crippen molar-refractivity contribution in [3.8, 4) is 0 Å². The van der Waals surface area contributed by atoms with Crippen molar-refractivity contribution in [2.75, 3.05) is 0 Å². The van der Waals surface area contributed by atoms with E-state index in [-0.39, 0.29) is 0 Å². The molecule has 1 aliphatic heterocycles. The molecule has 2 N–H and O–H groups in total. The van der Waals surface area contributed by atoms with Gasteiger partial charge < -0.3 is 10.3 Å². The van der Waals surface area contributed by atoms with E-state index in [1.165, 1.54) is 36.5 Å². The second kappa shape index (κ2) is 4.37. The molecule has 1 aromatic heterocycles. The monoisotopic (exact) mass is 247 g/mol. The van der Waals surface area contributed by atoms with Crippen LogP contribution >= 0.6 is 0 Å². The molecule has 0 spiro atoms. The molecular weight excluding hydrogens is 222 g/mol. The Balaban J connectivity index is 1.97. The third kappa shape index (κ3) is 1.89. The van der Waals surface area contributed by atoms with E-state index in [1.807, 2.05) is 0 Å². The molecule has 3 unspecified atom stereocenters. The first kappa shape index (κ1) is 12.2. The maximum atomic E-state index is 6.18. The van der Waals surface area contributed by atoms with Crippen LogP contribution in [0.15, 0.2) is 0 Å². The van der Waals surface area contributed by atoms with Crippen molar-refractivity contribution in [1.29, 1.82) is 0 Å². The lowest BCUT2D eigenvalue weighted by Gasteiger charge is -2.30. The lowest BCUT2D eigenvalue weighted by molar-refractivity contribution is 0.325.